The number of nitrogens with zero attached hydrogens (tertiary/aromatic N) is 2. The summed E-state index contributed by atoms with van der Waals surface area (Å²) in [5, 5.41) is 3.16. The van der Waals surface area contributed by atoms with Crippen molar-refractivity contribution in [1.82, 2.24) is 9.62 Å². The number of anilines is 1. The number of halogens is 1. The Kier molecular flexibility index (Phi) is 5.18. The standard InChI is InChI=1S/C14H22FN3O2S/c1-3-16-8-4-9-17(2)21(19,20)18-10-7-12-5-6-13(15)11-14(12)18/h5-6,11,16H,3-4,7-10H2,1-2H3. The van der Waals surface area contributed by atoms with E-state index in [1.54, 1.807) is 13.1 Å². The van der Waals surface area contributed by atoms with Crippen LogP contribution < -0.4 is 9.62 Å². The quantitative estimate of drug-likeness (QED) is 0.773. The Labute approximate surface area is 125 Å². The predicted octanol–water partition coefficient (Wildman–Crippen LogP) is 1.36. The third kappa shape index (κ3) is 3.53. The molecule has 0 radical (unpaired) electrons. The fraction of sp³-hybridized carbons (Fsp3) is 0.571. The van der Waals surface area contributed by atoms with Crippen LogP contribution in [-0.2, 0) is 16.6 Å². The number of hydrogen-bond acceptors (Lipinski definition) is 3. The van der Waals surface area contributed by atoms with E-state index in [-0.39, 0.29) is 0 Å². The summed E-state index contributed by atoms with van der Waals surface area (Å²) in [5.74, 6) is -0.411. The van der Waals surface area contributed by atoms with Gasteiger partial charge in [0.2, 0.25) is 0 Å². The number of rotatable bonds is 7. The zero-order valence-electron chi connectivity index (χ0n) is 12.5. The van der Waals surface area contributed by atoms with Crippen molar-refractivity contribution in [2.75, 3.05) is 37.5 Å². The van der Waals surface area contributed by atoms with Crippen molar-refractivity contribution in [3.05, 3.63) is 29.6 Å². The molecule has 0 bridgehead atoms. The van der Waals surface area contributed by atoms with Gasteiger partial charge in [-0.05, 0) is 43.6 Å². The first kappa shape index (κ1) is 16.2. The van der Waals surface area contributed by atoms with Gasteiger partial charge in [0.05, 0.1) is 5.69 Å². The molecule has 0 unspecified atom stereocenters. The smallest absolute Gasteiger partial charge is 0.303 e. The molecule has 1 aromatic carbocycles. The van der Waals surface area contributed by atoms with Gasteiger partial charge in [0, 0.05) is 20.1 Å². The number of hydrogen-bond donors (Lipinski definition) is 1. The van der Waals surface area contributed by atoms with Gasteiger partial charge in [0.25, 0.3) is 0 Å². The lowest BCUT2D eigenvalue weighted by atomic mass is 10.2. The van der Waals surface area contributed by atoms with Crippen molar-refractivity contribution >= 4 is 15.9 Å². The molecule has 0 spiro atoms. The second-order valence-corrected chi connectivity index (χ2v) is 7.09. The first-order chi connectivity index (χ1) is 9.96. The lowest BCUT2D eigenvalue weighted by Gasteiger charge is -2.26. The number of nitrogens with one attached hydrogen (secondary N) is 1. The predicted molar refractivity (Wildman–Crippen MR) is 82.2 cm³/mol. The van der Waals surface area contributed by atoms with Gasteiger partial charge in [-0.15, -0.1) is 0 Å². The van der Waals surface area contributed by atoms with E-state index in [0.29, 0.717) is 25.2 Å². The molecule has 1 N–H and O–H groups in total. The molecule has 7 heteroatoms. The van der Waals surface area contributed by atoms with Gasteiger partial charge >= 0.3 is 10.2 Å². The maximum atomic E-state index is 13.4. The monoisotopic (exact) mass is 315 g/mol. The van der Waals surface area contributed by atoms with Gasteiger partial charge in [-0.3, -0.25) is 4.31 Å². The van der Waals surface area contributed by atoms with E-state index in [1.807, 2.05) is 6.92 Å². The summed E-state index contributed by atoms with van der Waals surface area (Å²) in [7, 11) is -2.02. The third-order valence-electron chi connectivity index (χ3n) is 3.65. The van der Waals surface area contributed by atoms with E-state index in [1.165, 1.54) is 20.7 Å². The maximum absolute atomic E-state index is 13.4. The van der Waals surface area contributed by atoms with Crippen molar-refractivity contribution in [1.29, 1.82) is 0 Å². The maximum Gasteiger partial charge on any atom is 0.303 e. The molecule has 21 heavy (non-hydrogen) atoms. The second kappa shape index (κ2) is 6.72. The van der Waals surface area contributed by atoms with Gasteiger partial charge < -0.3 is 5.32 Å². The van der Waals surface area contributed by atoms with Crippen molar-refractivity contribution < 1.29 is 12.8 Å². The van der Waals surface area contributed by atoms with Crippen LogP contribution in [0.5, 0.6) is 0 Å². The normalized spacial score (nSPS) is 14.8. The summed E-state index contributed by atoms with van der Waals surface area (Å²) >= 11 is 0. The highest BCUT2D eigenvalue weighted by molar-refractivity contribution is 7.90. The average molecular weight is 315 g/mol. The van der Waals surface area contributed by atoms with E-state index in [2.05, 4.69) is 5.32 Å². The van der Waals surface area contributed by atoms with Crippen molar-refractivity contribution in [3.8, 4) is 0 Å². The third-order valence-corrected chi connectivity index (χ3v) is 5.56. The van der Waals surface area contributed by atoms with Crippen LogP contribution in [0.3, 0.4) is 0 Å². The van der Waals surface area contributed by atoms with E-state index in [0.717, 1.165) is 25.1 Å². The van der Waals surface area contributed by atoms with Gasteiger partial charge in [-0.1, -0.05) is 13.0 Å². The van der Waals surface area contributed by atoms with Crippen LogP contribution in [0.1, 0.15) is 18.9 Å². The molecule has 0 fully saturated rings. The highest BCUT2D eigenvalue weighted by atomic mass is 32.2. The molecule has 0 aromatic heterocycles. The molecule has 1 aliphatic heterocycles. The molecule has 1 aromatic rings. The van der Waals surface area contributed by atoms with Gasteiger partial charge in [0.15, 0.2) is 0 Å². The summed E-state index contributed by atoms with van der Waals surface area (Å²) in [6.07, 6.45) is 1.37. The second-order valence-electron chi connectivity index (χ2n) is 5.13. The van der Waals surface area contributed by atoms with Crippen molar-refractivity contribution in [2.45, 2.75) is 19.8 Å². The fourth-order valence-corrected chi connectivity index (χ4v) is 3.89. The minimum absolute atomic E-state index is 0.374. The molecule has 0 saturated carbocycles. The van der Waals surface area contributed by atoms with Crippen LogP contribution >= 0.6 is 0 Å². The molecule has 2 rings (SSSR count). The Morgan fingerprint density at radius 1 is 1.43 bits per heavy atom. The Morgan fingerprint density at radius 3 is 2.90 bits per heavy atom. The van der Waals surface area contributed by atoms with Crippen LogP contribution in [0.2, 0.25) is 0 Å². The first-order valence-electron chi connectivity index (χ1n) is 7.20. The molecule has 5 nitrogen and oxygen atoms in total. The lowest BCUT2D eigenvalue weighted by molar-refractivity contribution is 0.453. The van der Waals surface area contributed by atoms with E-state index < -0.39 is 16.0 Å². The Balaban J connectivity index is 2.09. The summed E-state index contributed by atoms with van der Waals surface area (Å²) in [5.41, 5.74) is 1.34. The molecular weight excluding hydrogens is 293 g/mol. The van der Waals surface area contributed by atoms with Crippen LogP contribution in [0.4, 0.5) is 10.1 Å². The molecule has 0 aliphatic carbocycles. The molecule has 0 saturated heterocycles. The molecule has 0 atom stereocenters. The van der Waals surface area contributed by atoms with Gasteiger partial charge in [0.1, 0.15) is 5.82 Å². The Bertz CT molecular complexity index is 592. The van der Waals surface area contributed by atoms with Crippen LogP contribution in [-0.4, -0.2) is 45.9 Å². The Morgan fingerprint density at radius 2 is 2.19 bits per heavy atom. The summed E-state index contributed by atoms with van der Waals surface area (Å²) in [6.45, 7) is 4.47. The minimum atomic E-state index is -3.58. The average Bonchev–Trinajstić information content (AvgIpc) is 2.86. The van der Waals surface area contributed by atoms with Gasteiger partial charge in [-0.25, -0.2) is 4.39 Å². The zero-order valence-corrected chi connectivity index (χ0v) is 13.3. The topological polar surface area (TPSA) is 52.7 Å². The van der Waals surface area contributed by atoms with Crippen LogP contribution in [0, 0.1) is 5.82 Å². The SMILES string of the molecule is CCNCCCN(C)S(=O)(=O)N1CCc2ccc(F)cc21. The molecular formula is C14H22FN3O2S. The summed E-state index contributed by atoms with van der Waals surface area (Å²) < 4.78 is 41.2. The van der Waals surface area contributed by atoms with Crippen LogP contribution in [0.25, 0.3) is 0 Å². The lowest BCUT2D eigenvalue weighted by Crippen LogP contribution is -2.42. The fourth-order valence-electron chi connectivity index (χ4n) is 2.45. The minimum Gasteiger partial charge on any atom is -0.317 e. The van der Waals surface area contributed by atoms with Crippen molar-refractivity contribution in [2.24, 2.45) is 0 Å². The van der Waals surface area contributed by atoms with Gasteiger partial charge in [-0.2, -0.15) is 12.7 Å². The number of benzene rings is 1. The van der Waals surface area contributed by atoms with E-state index in [9.17, 15) is 12.8 Å². The molecule has 0 amide bonds. The summed E-state index contributed by atoms with van der Waals surface area (Å²) in [4.78, 5) is 0. The summed E-state index contributed by atoms with van der Waals surface area (Å²) in [6, 6.07) is 4.33. The van der Waals surface area contributed by atoms with Crippen molar-refractivity contribution in [3.63, 3.8) is 0 Å². The highest BCUT2D eigenvalue weighted by Gasteiger charge is 2.32. The zero-order chi connectivity index (χ0) is 15.5. The van der Waals surface area contributed by atoms with E-state index >= 15 is 0 Å². The van der Waals surface area contributed by atoms with Crippen LogP contribution in [0.15, 0.2) is 18.2 Å². The first-order valence-corrected chi connectivity index (χ1v) is 8.59. The molecule has 1 heterocycles. The molecule has 118 valence electrons. The number of fused-ring (bicyclic) bond motifs is 1. The van der Waals surface area contributed by atoms with E-state index in [4.69, 9.17) is 0 Å². The largest absolute Gasteiger partial charge is 0.317 e. The molecule has 1 aliphatic rings. The Hall–Kier alpha value is -1.18. The highest BCUT2D eigenvalue weighted by Crippen LogP contribution is 2.31.